The molecule has 1 aromatic carbocycles. The Morgan fingerprint density at radius 1 is 1.22 bits per heavy atom. The number of amides is 1. The van der Waals surface area contributed by atoms with E-state index in [9.17, 15) is 4.79 Å². The Bertz CT molecular complexity index is 1050. The summed E-state index contributed by atoms with van der Waals surface area (Å²) in [6.45, 7) is 5.80. The Balaban J connectivity index is 1.68. The predicted octanol–water partition coefficient (Wildman–Crippen LogP) is 6.32. The highest BCUT2D eigenvalue weighted by Gasteiger charge is 2.23. The fraction of sp³-hybridized carbons (Fsp3) is 0.462. The van der Waals surface area contributed by atoms with Crippen LogP contribution in [0.25, 0.3) is 22.0 Å². The number of aromatic nitrogens is 2. The Morgan fingerprint density at radius 3 is 2.66 bits per heavy atom. The average Bonchev–Trinajstić information content (AvgIpc) is 3.44. The molecule has 3 aromatic rings. The van der Waals surface area contributed by atoms with E-state index in [1.165, 1.54) is 32.1 Å². The smallest absolute Gasteiger partial charge is 0.253 e. The lowest BCUT2D eigenvalue weighted by Crippen LogP contribution is -2.24. The van der Waals surface area contributed by atoms with E-state index >= 15 is 0 Å². The molecule has 4 rings (SSSR count). The van der Waals surface area contributed by atoms with Gasteiger partial charge in [0.25, 0.3) is 5.91 Å². The highest BCUT2D eigenvalue weighted by atomic mass is 32.1. The van der Waals surface area contributed by atoms with Gasteiger partial charge >= 0.3 is 0 Å². The van der Waals surface area contributed by atoms with E-state index in [1.807, 2.05) is 30.3 Å². The van der Waals surface area contributed by atoms with Crippen LogP contribution in [0.1, 0.15) is 61.5 Å². The van der Waals surface area contributed by atoms with Crippen LogP contribution in [0, 0.1) is 12.8 Å². The lowest BCUT2D eigenvalue weighted by molar-refractivity contribution is 0.0953. The zero-order chi connectivity index (χ0) is 22.5. The van der Waals surface area contributed by atoms with Crippen molar-refractivity contribution in [3.63, 3.8) is 0 Å². The minimum Gasteiger partial charge on any atom is -0.497 e. The number of carbonyl (C=O) groups excluding carboxylic acids is 1. The second-order valence-electron chi connectivity index (χ2n) is 8.67. The molecule has 0 saturated heterocycles. The van der Waals surface area contributed by atoms with Crippen LogP contribution in [0.15, 0.2) is 35.7 Å². The molecule has 1 saturated carbocycles. The van der Waals surface area contributed by atoms with Gasteiger partial charge in [0, 0.05) is 29.7 Å². The Morgan fingerprint density at radius 2 is 1.97 bits per heavy atom. The number of rotatable bonds is 8. The van der Waals surface area contributed by atoms with Crippen molar-refractivity contribution in [2.45, 2.75) is 58.9 Å². The molecule has 0 atom stereocenters. The summed E-state index contributed by atoms with van der Waals surface area (Å²) < 4.78 is 7.61. The molecule has 0 radical (unpaired) electrons. The van der Waals surface area contributed by atoms with E-state index in [4.69, 9.17) is 9.72 Å². The quantitative estimate of drug-likeness (QED) is 0.436. The summed E-state index contributed by atoms with van der Waals surface area (Å²) in [5.41, 5.74) is 4.87. The summed E-state index contributed by atoms with van der Waals surface area (Å²) in [6, 6.07) is 10.0. The van der Waals surface area contributed by atoms with Crippen molar-refractivity contribution in [3.05, 3.63) is 47.0 Å². The summed E-state index contributed by atoms with van der Waals surface area (Å²) in [7, 11) is 1.67. The second kappa shape index (κ2) is 10.3. The van der Waals surface area contributed by atoms with Crippen LogP contribution in [-0.2, 0) is 6.54 Å². The molecule has 5 nitrogen and oxygen atoms in total. The summed E-state index contributed by atoms with van der Waals surface area (Å²) in [4.78, 5) is 17.8. The van der Waals surface area contributed by atoms with E-state index in [1.54, 1.807) is 18.4 Å². The number of methoxy groups -OCH3 is 1. The van der Waals surface area contributed by atoms with Gasteiger partial charge in [-0.2, -0.15) is 0 Å². The van der Waals surface area contributed by atoms with Crippen LogP contribution < -0.4 is 10.1 Å². The van der Waals surface area contributed by atoms with Crippen molar-refractivity contribution in [1.82, 2.24) is 14.9 Å². The number of hydrogen-bond acceptors (Lipinski definition) is 4. The van der Waals surface area contributed by atoms with Gasteiger partial charge in [-0.05, 0) is 62.4 Å². The molecule has 2 heterocycles. The third-order valence-corrected chi connectivity index (χ3v) is 7.31. The molecule has 1 aliphatic carbocycles. The van der Waals surface area contributed by atoms with Crippen LogP contribution in [-0.4, -0.2) is 29.1 Å². The van der Waals surface area contributed by atoms with Crippen LogP contribution in [0.4, 0.5) is 0 Å². The van der Waals surface area contributed by atoms with Crippen LogP contribution in [0.3, 0.4) is 0 Å². The van der Waals surface area contributed by atoms with Crippen LogP contribution in [0.2, 0.25) is 0 Å². The number of benzene rings is 1. The summed E-state index contributed by atoms with van der Waals surface area (Å²) in [5, 5.41) is 6.13. The molecule has 0 bridgehead atoms. The van der Waals surface area contributed by atoms with E-state index < -0.39 is 0 Å². The summed E-state index contributed by atoms with van der Waals surface area (Å²) in [6.07, 6.45) is 7.42. The van der Waals surface area contributed by atoms with E-state index in [2.05, 4.69) is 29.1 Å². The highest BCUT2D eigenvalue weighted by Crippen LogP contribution is 2.34. The normalized spacial score (nSPS) is 14.5. The molecule has 1 amide bonds. The van der Waals surface area contributed by atoms with Gasteiger partial charge in [-0.1, -0.05) is 26.2 Å². The van der Waals surface area contributed by atoms with Gasteiger partial charge in [-0.15, -0.1) is 11.3 Å². The minimum absolute atomic E-state index is 0.0126. The fourth-order valence-corrected chi connectivity index (χ4v) is 5.36. The number of carbonyl (C=O) groups is 1. The molecule has 0 aliphatic heterocycles. The van der Waals surface area contributed by atoms with Crippen LogP contribution >= 0.6 is 11.3 Å². The third kappa shape index (κ3) is 4.90. The molecule has 6 heteroatoms. The molecule has 0 spiro atoms. The summed E-state index contributed by atoms with van der Waals surface area (Å²) in [5.74, 6) is 1.52. The molecular weight excluding hydrogens is 418 g/mol. The first-order valence-corrected chi connectivity index (χ1v) is 12.6. The van der Waals surface area contributed by atoms with E-state index in [0.29, 0.717) is 12.5 Å². The number of hydrogen-bond donors (Lipinski definition) is 1. The number of ether oxygens (including phenoxy) is 1. The van der Waals surface area contributed by atoms with Crippen molar-refractivity contribution in [3.8, 4) is 27.7 Å². The van der Waals surface area contributed by atoms with Crippen molar-refractivity contribution >= 4 is 17.2 Å². The summed E-state index contributed by atoms with van der Waals surface area (Å²) >= 11 is 1.64. The third-order valence-electron chi connectivity index (χ3n) is 6.42. The monoisotopic (exact) mass is 451 g/mol. The molecule has 0 unspecified atom stereocenters. The molecule has 1 N–H and O–H groups in total. The second-order valence-corrected chi connectivity index (χ2v) is 9.52. The maximum absolute atomic E-state index is 12.8. The van der Waals surface area contributed by atoms with Crippen molar-refractivity contribution in [2.24, 2.45) is 5.92 Å². The fourth-order valence-electron chi connectivity index (χ4n) is 4.54. The Labute approximate surface area is 194 Å². The highest BCUT2D eigenvalue weighted by molar-refractivity contribution is 7.13. The van der Waals surface area contributed by atoms with Gasteiger partial charge in [0.2, 0.25) is 0 Å². The molecule has 170 valence electrons. The first-order chi connectivity index (χ1) is 15.6. The van der Waals surface area contributed by atoms with Crippen molar-refractivity contribution in [2.75, 3.05) is 13.7 Å². The number of thiazole rings is 1. The van der Waals surface area contributed by atoms with Gasteiger partial charge in [0.1, 0.15) is 10.8 Å². The SMILES string of the molecule is CCCNC(=O)c1cc(-c2csc(-c3ccc(OC)cc3)n2)n(CC2CCCCC2)c1C. The minimum atomic E-state index is 0.0126. The van der Waals surface area contributed by atoms with Crippen molar-refractivity contribution < 1.29 is 9.53 Å². The standard InChI is InChI=1S/C26H33N3O2S/c1-4-14-27-25(30)22-15-24(29(18(22)2)16-19-8-6-5-7-9-19)23-17-32-26(28-23)20-10-12-21(31-3)13-11-20/h10-13,15,17,19H,4-9,14,16H2,1-3H3,(H,27,30). The lowest BCUT2D eigenvalue weighted by Gasteiger charge is -2.24. The Kier molecular flexibility index (Phi) is 7.30. The van der Waals surface area contributed by atoms with Gasteiger partial charge in [0.15, 0.2) is 0 Å². The van der Waals surface area contributed by atoms with E-state index in [-0.39, 0.29) is 5.91 Å². The largest absolute Gasteiger partial charge is 0.497 e. The maximum Gasteiger partial charge on any atom is 0.253 e. The van der Waals surface area contributed by atoms with Gasteiger partial charge < -0.3 is 14.6 Å². The van der Waals surface area contributed by atoms with Gasteiger partial charge in [-0.25, -0.2) is 4.98 Å². The zero-order valence-corrected chi connectivity index (χ0v) is 20.1. The topological polar surface area (TPSA) is 56.1 Å². The molecule has 1 fully saturated rings. The van der Waals surface area contributed by atoms with Crippen LogP contribution in [0.5, 0.6) is 5.75 Å². The van der Waals surface area contributed by atoms with Crippen molar-refractivity contribution in [1.29, 1.82) is 0 Å². The first kappa shape index (κ1) is 22.6. The number of nitrogens with one attached hydrogen (secondary N) is 1. The average molecular weight is 452 g/mol. The zero-order valence-electron chi connectivity index (χ0n) is 19.3. The first-order valence-electron chi connectivity index (χ1n) is 11.7. The van der Waals surface area contributed by atoms with E-state index in [0.717, 1.165) is 51.9 Å². The van der Waals surface area contributed by atoms with Gasteiger partial charge in [-0.3, -0.25) is 4.79 Å². The Hall–Kier alpha value is -2.60. The number of nitrogens with zero attached hydrogens (tertiary/aromatic N) is 2. The molecule has 32 heavy (non-hydrogen) atoms. The molecular formula is C26H33N3O2S. The predicted molar refractivity (Wildman–Crippen MR) is 131 cm³/mol. The molecule has 2 aromatic heterocycles. The van der Waals surface area contributed by atoms with Gasteiger partial charge in [0.05, 0.1) is 24.1 Å². The maximum atomic E-state index is 12.8. The lowest BCUT2D eigenvalue weighted by atomic mass is 9.89. The molecule has 1 aliphatic rings.